The zero-order chi connectivity index (χ0) is 9.14. The SMILES string of the molecule is CCC(=N)c1cc(Cl)ccc1N. The molecule has 0 heterocycles. The van der Waals surface area contributed by atoms with Crippen molar-refractivity contribution < 1.29 is 0 Å². The van der Waals surface area contributed by atoms with E-state index in [1.54, 1.807) is 18.2 Å². The normalized spacial score (nSPS) is 9.83. The fourth-order valence-corrected chi connectivity index (χ4v) is 1.15. The van der Waals surface area contributed by atoms with E-state index < -0.39 is 0 Å². The van der Waals surface area contributed by atoms with Gasteiger partial charge in [-0.25, -0.2) is 0 Å². The zero-order valence-electron chi connectivity index (χ0n) is 6.89. The average molecular weight is 183 g/mol. The van der Waals surface area contributed by atoms with E-state index in [9.17, 15) is 0 Å². The van der Waals surface area contributed by atoms with Crippen molar-refractivity contribution >= 4 is 23.0 Å². The first kappa shape index (κ1) is 9.07. The maximum absolute atomic E-state index is 7.58. The molecule has 0 aliphatic carbocycles. The lowest BCUT2D eigenvalue weighted by atomic mass is 10.1. The number of hydrogen-bond donors (Lipinski definition) is 2. The van der Waals surface area contributed by atoms with E-state index in [4.69, 9.17) is 22.7 Å². The van der Waals surface area contributed by atoms with Crippen LogP contribution in [-0.4, -0.2) is 5.71 Å². The number of rotatable bonds is 2. The van der Waals surface area contributed by atoms with Crippen LogP contribution in [0.4, 0.5) is 5.69 Å². The van der Waals surface area contributed by atoms with Gasteiger partial charge in [0.05, 0.1) is 0 Å². The lowest BCUT2D eigenvalue weighted by Crippen LogP contribution is -2.01. The van der Waals surface area contributed by atoms with Gasteiger partial charge in [0.1, 0.15) is 0 Å². The molecule has 1 aromatic rings. The summed E-state index contributed by atoms with van der Waals surface area (Å²) in [6.07, 6.45) is 0.671. The van der Waals surface area contributed by atoms with Crippen molar-refractivity contribution in [1.29, 1.82) is 5.41 Å². The quantitative estimate of drug-likeness (QED) is 0.536. The van der Waals surface area contributed by atoms with Crippen LogP contribution in [0, 0.1) is 5.41 Å². The summed E-state index contributed by atoms with van der Waals surface area (Å²) in [5.74, 6) is 0. The molecule has 64 valence electrons. The Morgan fingerprint density at radius 1 is 1.58 bits per heavy atom. The first-order valence-electron chi connectivity index (χ1n) is 3.78. The van der Waals surface area contributed by atoms with Crippen molar-refractivity contribution in [2.75, 3.05) is 5.73 Å². The van der Waals surface area contributed by atoms with Gasteiger partial charge in [0.2, 0.25) is 0 Å². The Morgan fingerprint density at radius 3 is 2.83 bits per heavy atom. The second-order valence-corrected chi connectivity index (χ2v) is 3.00. The number of anilines is 1. The molecule has 0 saturated carbocycles. The van der Waals surface area contributed by atoms with Crippen LogP contribution in [0.2, 0.25) is 5.02 Å². The lowest BCUT2D eigenvalue weighted by molar-refractivity contribution is 1.24. The molecule has 1 rings (SSSR count). The third-order valence-electron chi connectivity index (χ3n) is 1.69. The van der Waals surface area contributed by atoms with Gasteiger partial charge in [0.25, 0.3) is 0 Å². The molecule has 0 radical (unpaired) electrons. The van der Waals surface area contributed by atoms with Gasteiger partial charge in [-0.3, -0.25) is 0 Å². The van der Waals surface area contributed by atoms with Crippen LogP contribution in [0.3, 0.4) is 0 Å². The van der Waals surface area contributed by atoms with Crippen molar-refractivity contribution in [2.45, 2.75) is 13.3 Å². The van der Waals surface area contributed by atoms with Gasteiger partial charge in [-0.1, -0.05) is 18.5 Å². The average Bonchev–Trinajstić information content (AvgIpc) is 2.08. The topological polar surface area (TPSA) is 49.9 Å². The van der Waals surface area contributed by atoms with Crippen molar-refractivity contribution in [3.05, 3.63) is 28.8 Å². The number of hydrogen-bond acceptors (Lipinski definition) is 2. The molecule has 0 aliphatic heterocycles. The molecule has 12 heavy (non-hydrogen) atoms. The first-order chi connectivity index (χ1) is 5.65. The molecule has 0 amide bonds. The molecule has 0 atom stereocenters. The summed E-state index contributed by atoms with van der Waals surface area (Å²) in [6.45, 7) is 1.92. The van der Waals surface area contributed by atoms with Crippen LogP contribution < -0.4 is 5.73 Å². The number of nitrogens with one attached hydrogen (secondary N) is 1. The first-order valence-corrected chi connectivity index (χ1v) is 4.15. The molecule has 1 aromatic carbocycles. The minimum absolute atomic E-state index is 0.523. The summed E-state index contributed by atoms with van der Waals surface area (Å²) < 4.78 is 0. The molecule has 0 aliphatic rings. The molecule has 0 fully saturated rings. The molecular weight excluding hydrogens is 172 g/mol. The Balaban J connectivity index is 3.13. The minimum Gasteiger partial charge on any atom is -0.398 e. The van der Waals surface area contributed by atoms with Crippen molar-refractivity contribution in [3.63, 3.8) is 0 Å². The van der Waals surface area contributed by atoms with Gasteiger partial charge in [0, 0.05) is 22.0 Å². The third kappa shape index (κ3) is 1.77. The second-order valence-electron chi connectivity index (χ2n) is 2.56. The summed E-state index contributed by atoms with van der Waals surface area (Å²) in [6, 6.07) is 5.17. The fourth-order valence-electron chi connectivity index (χ4n) is 0.980. The molecule has 0 bridgehead atoms. The van der Waals surface area contributed by atoms with Gasteiger partial charge < -0.3 is 11.1 Å². The van der Waals surface area contributed by atoms with E-state index in [1.807, 2.05) is 6.92 Å². The number of halogens is 1. The summed E-state index contributed by atoms with van der Waals surface area (Å²) in [5, 5.41) is 8.20. The highest BCUT2D eigenvalue weighted by Crippen LogP contribution is 2.18. The predicted octanol–water partition coefficient (Wildman–Crippen LogP) is 2.70. The third-order valence-corrected chi connectivity index (χ3v) is 1.93. The maximum Gasteiger partial charge on any atom is 0.0414 e. The minimum atomic E-state index is 0.523. The van der Waals surface area contributed by atoms with E-state index in [0.29, 0.717) is 22.8 Å². The molecule has 0 unspecified atom stereocenters. The van der Waals surface area contributed by atoms with Crippen LogP contribution in [0.1, 0.15) is 18.9 Å². The van der Waals surface area contributed by atoms with E-state index in [-0.39, 0.29) is 0 Å². The van der Waals surface area contributed by atoms with E-state index in [0.717, 1.165) is 5.56 Å². The summed E-state index contributed by atoms with van der Waals surface area (Å²) in [5.41, 5.74) is 7.55. The smallest absolute Gasteiger partial charge is 0.0414 e. The summed E-state index contributed by atoms with van der Waals surface area (Å²) >= 11 is 5.77. The molecule has 0 saturated heterocycles. The van der Waals surface area contributed by atoms with Crippen molar-refractivity contribution in [2.24, 2.45) is 0 Å². The Morgan fingerprint density at radius 2 is 2.25 bits per heavy atom. The Bertz CT molecular complexity index is 307. The highest BCUT2D eigenvalue weighted by Gasteiger charge is 2.03. The Hall–Kier alpha value is -1.02. The number of nitrogens with two attached hydrogens (primary N) is 1. The molecule has 2 nitrogen and oxygen atoms in total. The zero-order valence-corrected chi connectivity index (χ0v) is 7.65. The van der Waals surface area contributed by atoms with Crippen LogP contribution >= 0.6 is 11.6 Å². The van der Waals surface area contributed by atoms with Crippen LogP contribution in [0.15, 0.2) is 18.2 Å². The van der Waals surface area contributed by atoms with Gasteiger partial charge >= 0.3 is 0 Å². The lowest BCUT2D eigenvalue weighted by Gasteiger charge is -2.05. The number of nitrogen functional groups attached to an aromatic ring is 1. The molecule has 0 spiro atoms. The highest BCUT2D eigenvalue weighted by atomic mass is 35.5. The van der Waals surface area contributed by atoms with Crippen LogP contribution in [-0.2, 0) is 0 Å². The van der Waals surface area contributed by atoms with E-state index in [1.165, 1.54) is 0 Å². The van der Waals surface area contributed by atoms with Gasteiger partial charge in [-0.05, 0) is 24.6 Å². The number of benzene rings is 1. The standard InChI is InChI=1S/C9H11ClN2/c1-2-8(11)7-5-6(10)3-4-9(7)12/h3-5,11H,2,12H2,1H3. The molecule has 0 aromatic heterocycles. The van der Waals surface area contributed by atoms with Crippen LogP contribution in [0.5, 0.6) is 0 Å². The van der Waals surface area contributed by atoms with Gasteiger partial charge in [-0.2, -0.15) is 0 Å². The van der Waals surface area contributed by atoms with Crippen LogP contribution in [0.25, 0.3) is 0 Å². The Labute approximate surface area is 76.9 Å². The highest BCUT2D eigenvalue weighted by molar-refractivity contribution is 6.31. The van der Waals surface area contributed by atoms with E-state index >= 15 is 0 Å². The summed E-state index contributed by atoms with van der Waals surface area (Å²) in [4.78, 5) is 0. The monoisotopic (exact) mass is 182 g/mol. The van der Waals surface area contributed by atoms with Gasteiger partial charge in [-0.15, -0.1) is 0 Å². The fraction of sp³-hybridized carbons (Fsp3) is 0.222. The molecular formula is C9H11ClN2. The van der Waals surface area contributed by atoms with Crippen molar-refractivity contribution in [1.82, 2.24) is 0 Å². The molecule has 3 heteroatoms. The largest absolute Gasteiger partial charge is 0.398 e. The van der Waals surface area contributed by atoms with E-state index in [2.05, 4.69) is 0 Å². The second kappa shape index (κ2) is 3.59. The molecule has 3 N–H and O–H groups in total. The van der Waals surface area contributed by atoms with Crippen molar-refractivity contribution in [3.8, 4) is 0 Å². The maximum atomic E-state index is 7.58. The summed E-state index contributed by atoms with van der Waals surface area (Å²) in [7, 11) is 0. The van der Waals surface area contributed by atoms with Gasteiger partial charge in [0.15, 0.2) is 0 Å². The Kier molecular flexibility index (Phi) is 2.71. The predicted molar refractivity (Wildman–Crippen MR) is 53.0 cm³/mol.